The molecule has 0 amide bonds. The predicted molar refractivity (Wildman–Crippen MR) is 79.0 cm³/mol. The minimum atomic E-state index is 0.519. The number of hydrogen-bond donors (Lipinski definition) is 1. The number of nitrogens with one attached hydrogen (secondary N) is 1. The van der Waals surface area contributed by atoms with Gasteiger partial charge < -0.3 is 9.73 Å². The number of unbranched alkanes of at least 4 members (excludes halogenated alkanes) is 1. The van der Waals surface area contributed by atoms with E-state index in [4.69, 9.17) is 4.42 Å². The van der Waals surface area contributed by atoms with Crippen molar-refractivity contribution in [2.45, 2.75) is 71.6 Å². The fourth-order valence-electron chi connectivity index (χ4n) is 2.32. The lowest BCUT2D eigenvalue weighted by Crippen LogP contribution is -2.26. The number of hydrogen-bond acceptors (Lipinski definition) is 3. The molecular weight excluding hydrogens is 236 g/mol. The Hall–Kier alpha value is -0.800. The molecule has 1 heterocycles. The van der Waals surface area contributed by atoms with E-state index in [1.807, 2.05) is 6.26 Å². The summed E-state index contributed by atoms with van der Waals surface area (Å²) in [6, 6.07) is 3.54. The normalized spacial score (nSPS) is 15.6. The van der Waals surface area contributed by atoms with E-state index in [2.05, 4.69) is 37.1 Å². The summed E-state index contributed by atoms with van der Waals surface area (Å²) in [6.45, 7) is 9.68. The summed E-state index contributed by atoms with van der Waals surface area (Å²) in [7, 11) is 0. The van der Waals surface area contributed by atoms with Crippen LogP contribution >= 0.6 is 0 Å². The van der Waals surface area contributed by atoms with Crippen LogP contribution in [0.5, 0.6) is 0 Å². The van der Waals surface area contributed by atoms with E-state index in [1.54, 1.807) is 0 Å². The van der Waals surface area contributed by atoms with E-state index in [-0.39, 0.29) is 0 Å². The minimum Gasteiger partial charge on any atom is -0.468 e. The average molecular weight is 264 g/mol. The number of furan rings is 1. The van der Waals surface area contributed by atoms with Gasteiger partial charge in [-0.2, -0.15) is 0 Å². The third-order valence-electron chi connectivity index (χ3n) is 3.64. The monoisotopic (exact) mass is 264 g/mol. The Morgan fingerprint density at radius 2 is 2.21 bits per heavy atom. The van der Waals surface area contributed by atoms with Gasteiger partial charge in [0.25, 0.3) is 0 Å². The fourth-order valence-corrected chi connectivity index (χ4v) is 2.32. The molecule has 19 heavy (non-hydrogen) atoms. The van der Waals surface area contributed by atoms with Crippen molar-refractivity contribution < 1.29 is 4.42 Å². The first kappa shape index (κ1) is 14.6. The van der Waals surface area contributed by atoms with Crippen LogP contribution in [-0.2, 0) is 13.1 Å². The SMILES string of the molecule is CCCCN(Cc1cc(CNC(C)C)co1)C1CC1. The highest BCUT2D eigenvalue weighted by molar-refractivity contribution is 5.13. The summed E-state index contributed by atoms with van der Waals surface area (Å²) in [6.07, 6.45) is 7.19. The third-order valence-corrected chi connectivity index (χ3v) is 3.64. The van der Waals surface area contributed by atoms with Gasteiger partial charge in [0.05, 0.1) is 12.8 Å². The smallest absolute Gasteiger partial charge is 0.118 e. The molecule has 1 aromatic rings. The topological polar surface area (TPSA) is 28.4 Å². The molecule has 108 valence electrons. The molecule has 1 aliphatic rings. The van der Waals surface area contributed by atoms with Crippen LogP contribution in [0.2, 0.25) is 0 Å². The summed E-state index contributed by atoms with van der Waals surface area (Å²) in [5.74, 6) is 1.11. The molecule has 0 aromatic carbocycles. The molecule has 1 N–H and O–H groups in total. The molecule has 3 nitrogen and oxygen atoms in total. The molecule has 1 aromatic heterocycles. The molecular formula is C16H28N2O. The highest BCUT2D eigenvalue weighted by Gasteiger charge is 2.28. The van der Waals surface area contributed by atoms with Gasteiger partial charge in [-0.1, -0.05) is 27.2 Å². The molecule has 0 atom stereocenters. The third kappa shape index (κ3) is 5.00. The molecule has 0 unspecified atom stereocenters. The van der Waals surface area contributed by atoms with Crippen LogP contribution in [0.1, 0.15) is 57.8 Å². The Labute approximate surface area is 117 Å². The maximum absolute atomic E-state index is 5.70. The van der Waals surface area contributed by atoms with Crippen LogP contribution in [0.25, 0.3) is 0 Å². The highest BCUT2D eigenvalue weighted by Crippen LogP contribution is 2.28. The molecule has 3 heteroatoms. The zero-order valence-electron chi connectivity index (χ0n) is 12.6. The summed E-state index contributed by atoms with van der Waals surface area (Å²) in [4.78, 5) is 2.59. The molecule has 1 aliphatic carbocycles. The largest absolute Gasteiger partial charge is 0.468 e. The summed E-state index contributed by atoms with van der Waals surface area (Å²) < 4.78 is 5.70. The van der Waals surface area contributed by atoms with Crippen LogP contribution in [0.3, 0.4) is 0 Å². The van der Waals surface area contributed by atoms with Gasteiger partial charge in [-0.3, -0.25) is 4.90 Å². The first-order valence-electron chi connectivity index (χ1n) is 7.72. The molecule has 1 fully saturated rings. The Kier molecular flexibility index (Phi) is 5.46. The lowest BCUT2D eigenvalue weighted by atomic mass is 10.2. The molecule has 0 saturated heterocycles. The van der Waals surface area contributed by atoms with Crippen molar-refractivity contribution >= 4 is 0 Å². The number of rotatable bonds is 9. The zero-order valence-corrected chi connectivity index (χ0v) is 12.6. The van der Waals surface area contributed by atoms with Crippen molar-refractivity contribution in [2.24, 2.45) is 0 Å². The zero-order chi connectivity index (χ0) is 13.7. The van der Waals surface area contributed by atoms with Gasteiger partial charge in [0, 0.05) is 24.2 Å². The van der Waals surface area contributed by atoms with E-state index in [1.165, 1.54) is 37.8 Å². The average Bonchev–Trinajstić information content (AvgIpc) is 3.13. The van der Waals surface area contributed by atoms with Gasteiger partial charge in [0.15, 0.2) is 0 Å². The second-order valence-corrected chi connectivity index (χ2v) is 6.01. The summed E-state index contributed by atoms with van der Waals surface area (Å²) in [5, 5.41) is 3.42. The standard InChI is InChI=1S/C16H28N2O/c1-4-5-8-18(15-6-7-15)11-16-9-14(12-19-16)10-17-13(2)3/h9,12-13,15,17H,4-8,10-11H2,1-3H3. The summed E-state index contributed by atoms with van der Waals surface area (Å²) in [5.41, 5.74) is 1.26. The first-order chi connectivity index (χ1) is 9.19. The fraction of sp³-hybridized carbons (Fsp3) is 0.750. The van der Waals surface area contributed by atoms with E-state index >= 15 is 0 Å². The van der Waals surface area contributed by atoms with Crippen LogP contribution in [0.4, 0.5) is 0 Å². The van der Waals surface area contributed by atoms with Gasteiger partial charge >= 0.3 is 0 Å². The molecule has 2 rings (SSSR count). The van der Waals surface area contributed by atoms with Gasteiger partial charge in [-0.15, -0.1) is 0 Å². The predicted octanol–water partition coefficient (Wildman–Crippen LogP) is 3.54. The van der Waals surface area contributed by atoms with Gasteiger partial charge in [0.2, 0.25) is 0 Å². The Morgan fingerprint density at radius 1 is 1.42 bits per heavy atom. The van der Waals surface area contributed by atoms with Crippen molar-refractivity contribution in [1.82, 2.24) is 10.2 Å². The van der Waals surface area contributed by atoms with E-state index in [0.29, 0.717) is 6.04 Å². The Morgan fingerprint density at radius 3 is 2.84 bits per heavy atom. The van der Waals surface area contributed by atoms with Crippen LogP contribution in [0, 0.1) is 0 Å². The van der Waals surface area contributed by atoms with Crippen molar-refractivity contribution in [3.8, 4) is 0 Å². The van der Waals surface area contributed by atoms with Gasteiger partial charge in [-0.05, 0) is 31.9 Å². The van der Waals surface area contributed by atoms with Crippen LogP contribution in [-0.4, -0.2) is 23.5 Å². The summed E-state index contributed by atoms with van der Waals surface area (Å²) >= 11 is 0. The van der Waals surface area contributed by atoms with Crippen molar-refractivity contribution in [2.75, 3.05) is 6.54 Å². The minimum absolute atomic E-state index is 0.519. The molecule has 0 radical (unpaired) electrons. The molecule has 0 aliphatic heterocycles. The van der Waals surface area contributed by atoms with Gasteiger partial charge in [-0.25, -0.2) is 0 Å². The number of nitrogens with zero attached hydrogens (tertiary/aromatic N) is 1. The maximum atomic E-state index is 5.70. The van der Waals surface area contributed by atoms with Crippen LogP contribution in [0.15, 0.2) is 16.7 Å². The van der Waals surface area contributed by atoms with E-state index in [0.717, 1.165) is 24.9 Å². The Bertz CT molecular complexity index is 369. The first-order valence-corrected chi connectivity index (χ1v) is 7.72. The van der Waals surface area contributed by atoms with E-state index in [9.17, 15) is 0 Å². The van der Waals surface area contributed by atoms with Gasteiger partial charge in [0.1, 0.15) is 5.76 Å². The molecule has 0 spiro atoms. The quantitative estimate of drug-likeness (QED) is 0.739. The Balaban J connectivity index is 1.83. The second-order valence-electron chi connectivity index (χ2n) is 6.01. The lowest BCUT2D eigenvalue weighted by molar-refractivity contribution is 0.230. The second kappa shape index (κ2) is 7.11. The van der Waals surface area contributed by atoms with Crippen molar-refractivity contribution in [3.05, 3.63) is 23.7 Å². The maximum Gasteiger partial charge on any atom is 0.118 e. The van der Waals surface area contributed by atoms with Crippen LogP contribution < -0.4 is 5.32 Å². The molecule has 0 bridgehead atoms. The highest BCUT2D eigenvalue weighted by atomic mass is 16.3. The van der Waals surface area contributed by atoms with Crippen molar-refractivity contribution in [3.63, 3.8) is 0 Å². The lowest BCUT2D eigenvalue weighted by Gasteiger charge is -2.20. The molecule has 1 saturated carbocycles. The van der Waals surface area contributed by atoms with E-state index < -0.39 is 0 Å². The van der Waals surface area contributed by atoms with Crippen molar-refractivity contribution in [1.29, 1.82) is 0 Å².